The lowest BCUT2D eigenvalue weighted by Crippen LogP contribution is -2.26. The summed E-state index contributed by atoms with van der Waals surface area (Å²) in [6.07, 6.45) is 0. The topological polar surface area (TPSA) is 50.8 Å². The summed E-state index contributed by atoms with van der Waals surface area (Å²) >= 11 is 3.47. The van der Waals surface area contributed by atoms with Gasteiger partial charge in [0.15, 0.2) is 11.5 Å². The maximum absolute atomic E-state index is 12.7. The van der Waals surface area contributed by atoms with Gasteiger partial charge in [-0.2, -0.15) is 0 Å². The zero-order chi connectivity index (χ0) is 20.5. The number of methoxy groups -OCH3 is 1. The Bertz CT molecular complexity index is 791. The maximum atomic E-state index is 12.7. The van der Waals surface area contributed by atoms with Gasteiger partial charge < -0.3 is 14.8 Å². The Labute approximate surface area is 176 Å². The van der Waals surface area contributed by atoms with Gasteiger partial charge in [-0.05, 0) is 59.2 Å². The average molecular weight is 449 g/mol. The summed E-state index contributed by atoms with van der Waals surface area (Å²) in [5, 5.41) is 3.02. The first kappa shape index (κ1) is 22.2. The number of halogens is 1. The molecule has 0 unspecified atom stereocenters. The van der Waals surface area contributed by atoms with E-state index in [1.807, 2.05) is 19.1 Å². The Kier molecular flexibility index (Phi) is 8.80. The van der Waals surface area contributed by atoms with Crippen LogP contribution < -0.4 is 14.8 Å². The summed E-state index contributed by atoms with van der Waals surface area (Å²) < 4.78 is 11.7. The molecular weight excluding hydrogens is 420 g/mol. The minimum atomic E-state index is -0.153. The number of benzene rings is 2. The van der Waals surface area contributed by atoms with Crippen molar-refractivity contribution < 1.29 is 14.3 Å². The fraction of sp³-hybridized carbons (Fsp3) is 0.409. The molecule has 0 radical (unpaired) electrons. The zero-order valence-electron chi connectivity index (χ0n) is 17.0. The molecule has 152 valence electrons. The molecule has 0 aliphatic heterocycles. The van der Waals surface area contributed by atoms with Crippen LogP contribution in [0.5, 0.6) is 11.5 Å². The second-order valence-corrected chi connectivity index (χ2v) is 7.19. The van der Waals surface area contributed by atoms with Gasteiger partial charge >= 0.3 is 0 Å². The quantitative estimate of drug-likeness (QED) is 0.575. The van der Waals surface area contributed by atoms with Crippen LogP contribution in [0, 0.1) is 0 Å². The summed E-state index contributed by atoms with van der Waals surface area (Å²) in [5.74, 6) is 0.981. The summed E-state index contributed by atoms with van der Waals surface area (Å²) in [5.41, 5.74) is 2.88. The Morgan fingerprint density at radius 3 is 2.39 bits per heavy atom. The average Bonchev–Trinajstić information content (AvgIpc) is 2.72. The van der Waals surface area contributed by atoms with E-state index in [1.165, 1.54) is 5.56 Å². The molecule has 0 fully saturated rings. The van der Waals surface area contributed by atoms with Crippen LogP contribution in [-0.2, 0) is 13.1 Å². The molecule has 2 aromatic rings. The zero-order valence-corrected chi connectivity index (χ0v) is 18.6. The number of ether oxygens (including phenoxy) is 2. The minimum absolute atomic E-state index is 0.153. The maximum Gasteiger partial charge on any atom is 0.251 e. The van der Waals surface area contributed by atoms with E-state index in [4.69, 9.17) is 9.47 Å². The summed E-state index contributed by atoms with van der Waals surface area (Å²) in [4.78, 5) is 15.1. The van der Waals surface area contributed by atoms with Gasteiger partial charge in [-0.15, -0.1) is 0 Å². The largest absolute Gasteiger partial charge is 0.493 e. The van der Waals surface area contributed by atoms with Crippen molar-refractivity contribution in [3.63, 3.8) is 0 Å². The molecule has 0 saturated heterocycles. The predicted octanol–water partition coefficient (Wildman–Crippen LogP) is 4.63. The Hall–Kier alpha value is -2.05. The van der Waals surface area contributed by atoms with Crippen molar-refractivity contribution in [2.75, 3.05) is 26.8 Å². The van der Waals surface area contributed by atoms with Crippen molar-refractivity contribution in [3.8, 4) is 11.5 Å². The van der Waals surface area contributed by atoms with Gasteiger partial charge in [-0.3, -0.25) is 9.69 Å². The Morgan fingerprint density at radius 2 is 1.79 bits per heavy atom. The van der Waals surface area contributed by atoms with Gasteiger partial charge in [0.25, 0.3) is 5.91 Å². The van der Waals surface area contributed by atoms with Crippen LogP contribution in [-0.4, -0.2) is 37.6 Å². The van der Waals surface area contributed by atoms with E-state index >= 15 is 0 Å². The van der Waals surface area contributed by atoms with Crippen molar-refractivity contribution in [2.45, 2.75) is 33.9 Å². The van der Waals surface area contributed by atoms with E-state index in [0.29, 0.717) is 34.7 Å². The second-order valence-electron chi connectivity index (χ2n) is 6.34. The number of hydrogen-bond donors (Lipinski definition) is 1. The van der Waals surface area contributed by atoms with Gasteiger partial charge in [-0.25, -0.2) is 0 Å². The molecular formula is C22H29BrN2O3. The lowest BCUT2D eigenvalue weighted by molar-refractivity contribution is 0.0950. The number of amides is 1. The van der Waals surface area contributed by atoms with Gasteiger partial charge in [-0.1, -0.05) is 38.1 Å². The van der Waals surface area contributed by atoms with E-state index in [1.54, 1.807) is 19.2 Å². The third kappa shape index (κ3) is 5.72. The molecule has 1 amide bonds. The first-order valence-corrected chi connectivity index (χ1v) is 10.4. The number of rotatable bonds is 10. The van der Waals surface area contributed by atoms with E-state index in [9.17, 15) is 4.79 Å². The third-order valence-electron chi connectivity index (χ3n) is 4.63. The molecule has 1 N–H and O–H groups in total. The molecule has 0 aliphatic rings. The van der Waals surface area contributed by atoms with Crippen molar-refractivity contribution in [1.82, 2.24) is 10.2 Å². The molecule has 0 aliphatic carbocycles. The van der Waals surface area contributed by atoms with E-state index in [-0.39, 0.29) is 5.91 Å². The van der Waals surface area contributed by atoms with Crippen LogP contribution >= 0.6 is 15.9 Å². The Balaban J connectivity index is 2.14. The normalized spacial score (nSPS) is 10.8. The minimum Gasteiger partial charge on any atom is -0.493 e. The van der Waals surface area contributed by atoms with Crippen molar-refractivity contribution in [3.05, 3.63) is 57.6 Å². The molecule has 0 atom stereocenters. The van der Waals surface area contributed by atoms with Gasteiger partial charge in [0.1, 0.15) is 0 Å². The smallest absolute Gasteiger partial charge is 0.251 e. The predicted molar refractivity (Wildman–Crippen MR) is 116 cm³/mol. The van der Waals surface area contributed by atoms with E-state index in [0.717, 1.165) is 25.2 Å². The molecule has 0 saturated carbocycles. The molecule has 0 bridgehead atoms. The van der Waals surface area contributed by atoms with E-state index in [2.05, 4.69) is 52.1 Å². The monoisotopic (exact) mass is 448 g/mol. The number of nitrogens with one attached hydrogen (secondary N) is 1. The lowest BCUT2D eigenvalue weighted by Gasteiger charge is -2.20. The van der Waals surface area contributed by atoms with Crippen LogP contribution in [0.4, 0.5) is 0 Å². The SMILES string of the molecule is CCOc1c(Br)cc(C(=O)NCc2ccccc2CN(CC)CC)cc1OC. The fourth-order valence-corrected chi connectivity index (χ4v) is 3.54. The molecule has 0 spiro atoms. The van der Waals surface area contributed by atoms with Crippen LogP contribution in [0.25, 0.3) is 0 Å². The highest BCUT2D eigenvalue weighted by atomic mass is 79.9. The second kappa shape index (κ2) is 11.1. The first-order chi connectivity index (χ1) is 13.5. The van der Waals surface area contributed by atoms with Gasteiger partial charge in [0.2, 0.25) is 0 Å². The van der Waals surface area contributed by atoms with Crippen LogP contribution in [0.2, 0.25) is 0 Å². The van der Waals surface area contributed by atoms with Crippen molar-refractivity contribution in [1.29, 1.82) is 0 Å². The standard InChI is InChI=1S/C22H29BrN2O3/c1-5-25(6-2)15-17-11-9-8-10-16(17)14-24-22(26)18-12-19(23)21(28-7-3)20(13-18)27-4/h8-13H,5-7,14-15H2,1-4H3,(H,24,26). The fourth-order valence-electron chi connectivity index (χ4n) is 2.99. The van der Waals surface area contributed by atoms with Crippen molar-refractivity contribution in [2.24, 2.45) is 0 Å². The van der Waals surface area contributed by atoms with Gasteiger partial charge in [0, 0.05) is 18.7 Å². The molecule has 2 rings (SSSR count). The van der Waals surface area contributed by atoms with Crippen molar-refractivity contribution >= 4 is 21.8 Å². The van der Waals surface area contributed by atoms with Crippen LogP contribution in [0.1, 0.15) is 42.3 Å². The highest BCUT2D eigenvalue weighted by Crippen LogP contribution is 2.36. The lowest BCUT2D eigenvalue weighted by atomic mass is 10.1. The first-order valence-electron chi connectivity index (χ1n) is 9.61. The molecule has 6 heteroatoms. The highest BCUT2D eigenvalue weighted by molar-refractivity contribution is 9.10. The molecule has 0 aromatic heterocycles. The molecule has 28 heavy (non-hydrogen) atoms. The van der Waals surface area contributed by atoms with Crippen LogP contribution in [0.3, 0.4) is 0 Å². The van der Waals surface area contributed by atoms with Crippen LogP contribution in [0.15, 0.2) is 40.9 Å². The number of nitrogens with zero attached hydrogens (tertiary/aromatic N) is 1. The van der Waals surface area contributed by atoms with Gasteiger partial charge in [0.05, 0.1) is 18.2 Å². The number of carbonyl (C=O) groups is 1. The highest BCUT2D eigenvalue weighted by Gasteiger charge is 2.16. The molecule has 0 heterocycles. The number of hydrogen-bond acceptors (Lipinski definition) is 4. The summed E-state index contributed by atoms with van der Waals surface area (Å²) in [7, 11) is 1.56. The summed E-state index contributed by atoms with van der Waals surface area (Å²) in [6.45, 7) is 10.1. The summed E-state index contributed by atoms with van der Waals surface area (Å²) in [6, 6.07) is 11.7. The molecule has 5 nitrogen and oxygen atoms in total. The van der Waals surface area contributed by atoms with E-state index < -0.39 is 0 Å². The molecule has 2 aromatic carbocycles. The third-order valence-corrected chi connectivity index (χ3v) is 5.22. The number of carbonyl (C=O) groups excluding carboxylic acids is 1. The Morgan fingerprint density at radius 1 is 1.11 bits per heavy atom.